The average molecular weight is 236 g/mol. The van der Waals surface area contributed by atoms with E-state index in [9.17, 15) is 0 Å². The molecule has 16 heavy (non-hydrogen) atoms. The summed E-state index contributed by atoms with van der Waals surface area (Å²) in [6.07, 6.45) is 5.42. The molecule has 0 fully saturated rings. The number of hydrogen-bond donors (Lipinski definition) is 1. The molecule has 0 bridgehead atoms. The number of H-pyrrole nitrogens is 1. The Morgan fingerprint density at radius 2 is 2.19 bits per heavy atom. The van der Waals surface area contributed by atoms with Gasteiger partial charge in [0.2, 0.25) is 0 Å². The Balaban J connectivity index is 2.40. The van der Waals surface area contributed by atoms with Crippen LogP contribution in [0.3, 0.4) is 0 Å². The van der Waals surface area contributed by atoms with Crippen LogP contribution in [0, 0.1) is 4.77 Å². The van der Waals surface area contributed by atoms with Crippen LogP contribution >= 0.6 is 12.2 Å². The van der Waals surface area contributed by atoms with E-state index >= 15 is 0 Å². The van der Waals surface area contributed by atoms with E-state index in [1.807, 2.05) is 12.3 Å². The van der Waals surface area contributed by atoms with Crippen LogP contribution in [0.4, 0.5) is 0 Å². The highest BCUT2D eigenvalue weighted by atomic mass is 32.1. The van der Waals surface area contributed by atoms with Crippen molar-refractivity contribution in [1.82, 2.24) is 9.55 Å². The van der Waals surface area contributed by atoms with Crippen molar-refractivity contribution in [3.63, 3.8) is 0 Å². The van der Waals surface area contributed by atoms with Crippen LogP contribution in [0.25, 0.3) is 0 Å². The maximum Gasteiger partial charge on any atom is 0.177 e. The SMILES string of the molecule is CC(C)(C)c1c[nH]c(=S)n1Cc1ccoc1. The summed E-state index contributed by atoms with van der Waals surface area (Å²) in [7, 11) is 0. The fourth-order valence-corrected chi connectivity index (χ4v) is 1.96. The summed E-state index contributed by atoms with van der Waals surface area (Å²) < 4.78 is 7.94. The topological polar surface area (TPSA) is 33.9 Å². The Bertz CT molecular complexity index is 514. The van der Waals surface area contributed by atoms with Gasteiger partial charge in [-0.25, -0.2) is 0 Å². The fourth-order valence-electron chi connectivity index (χ4n) is 1.74. The van der Waals surface area contributed by atoms with Crippen LogP contribution in [-0.4, -0.2) is 9.55 Å². The Hall–Kier alpha value is -1.29. The lowest BCUT2D eigenvalue weighted by atomic mass is 9.92. The normalized spacial score (nSPS) is 11.9. The van der Waals surface area contributed by atoms with Gasteiger partial charge in [-0.15, -0.1) is 0 Å². The van der Waals surface area contributed by atoms with Crippen LogP contribution < -0.4 is 0 Å². The summed E-state index contributed by atoms with van der Waals surface area (Å²) in [5.41, 5.74) is 2.41. The van der Waals surface area contributed by atoms with Crippen molar-refractivity contribution in [3.8, 4) is 0 Å². The van der Waals surface area contributed by atoms with Gasteiger partial charge >= 0.3 is 0 Å². The molecule has 2 aromatic heterocycles. The second-order valence-corrected chi connectivity index (χ2v) is 5.33. The van der Waals surface area contributed by atoms with Gasteiger partial charge in [0.1, 0.15) is 0 Å². The van der Waals surface area contributed by atoms with Crippen molar-refractivity contribution in [1.29, 1.82) is 0 Å². The smallest absolute Gasteiger partial charge is 0.177 e. The summed E-state index contributed by atoms with van der Waals surface area (Å²) in [5.74, 6) is 0. The first-order chi connectivity index (χ1) is 7.48. The predicted molar refractivity (Wildman–Crippen MR) is 66.1 cm³/mol. The Morgan fingerprint density at radius 1 is 1.44 bits per heavy atom. The minimum absolute atomic E-state index is 0.0807. The zero-order valence-electron chi connectivity index (χ0n) is 9.78. The van der Waals surface area contributed by atoms with Gasteiger partial charge in [0.25, 0.3) is 0 Å². The highest BCUT2D eigenvalue weighted by molar-refractivity contribution is 7.71. The molecule has 0 atom stereocenters. The zero-order valence-corrected chi connectivity index (χ0v) is 10.6. The molecule has 0 aromatic carbocycles. The largest absolute Gasteiger partial charge is 0.472 e. The molecule has 0 radical (unpaired) electrons. The summed E-state index contributed by atoms with van der Waals surface area (Å²) in [6.45, 7) is 7.29. The molecule has 0 aliphatic carbocycles. The maximum absolute atomic E-state index is 5.29. The van der Waals surface area contributed by atoms with Gasteiger partial charge in [0.05, 0.1) is 19.1 Å². The molecule has 3 nitrogen and oxygen atoms in total. The van der Waals surface area contributed by atoms with Gasteiger partial charge in [-0.1, -0.05) is 20.8 Å². The number of aromatic nitrogens is 2. The molecule has 2 rings (SSSR count). The van der Waals surface area contributed by atoms with Crippen molar-refractivity contribution in [2.24, 2.45) is 0 Å². The second-order valence-electron chi connectivity index (χ2n) is 4.95. The number of hydrogen-bond acceptors (Lipinski definition) is 2. The molecule has 0 aliphatic rings. The number of imidazole rings is 1. The van der Waals surface area contributed by atoms with E-state index < -0.39 is 0 Å². The Kier molecular flexibility index (Phi) is 2.76. The Labute approximate surface area is 100 Å². The van der Waals surface area contributed by atoms with Crippen molar-refractivity contribution in [2.45, 2.75) is 32.7 Å². The molecule has 2 heterocycles. The van der Waals surface area contributed by atoms with Crippen molar-refractivity contribution in [3.05, 3.63) is 40.8 Å². The van der Waals surface area contributed by atoms with Gasteiger partial charge in [-0.2, -0.15) is 0 Å². The van der Waals surface area contributed by atoms with Gasteiger partial charge in [0, 0.05) is 22.9 Å². The molecular weight excluding hydrogens is 220 g/mol. The minimum atomic E-state index is 0.0807. The van der Waals surface area contributed by atoms with E-state index in [1.165, 1.54) is 5.69 Å². The van der Waals surface area contributed by atoms with Gasteiger partial charge in [-0.05, 0) is 18.3 Å². The summed E-state index contributed by atoms with van der Waals surface area (Å²) in [5, 5.41) is 0. The lowest BCUT2D eigenvalue weighted by molar-refractivity contribution is 0.525. The lowest BCUT2D eigenvalue weighted by Crippen LogP contribution is -2.18. The lowest BCUT2D eigenvalue weighted by Gasteiger charge is -2.20. The highest BCUT2D eigenvalue weighted by Gasteiger charge is 2.19. The zero-order chi connectivity index (χ0) is 11.8. The summed E-state index contributed by atoms with van der Waals surface area (Å²) in [6, 6.07) is 1.96. The minimum Gasteiger partial charge on any atom is -0.472 e. The van der Waals surface area contributed by atoms with Gasteiger partial charge < -0.3 is 14.0 Å². The monoisotopic (exact) mass is 236 g/mol. The first-order valence-electron chi connectivity index (χ1n) is 5.28. The highest BCUT2D eigenvalue weighted by Crippen LogP contribution is 2.23. The molecule has 0 amide bonds. The maximum atomic E-state index is 5.29. The third-order valence-corrected chi connectivity index (χ3v) is 2.90. The fraction of sp³-hybridized carbons (Fsp3) is 0.417. The molecule has 0 unspecified atom stereocenters. The van der Waals surface area contributed by atoms with E-state index in [2.05, 4.69) is 30.3 Å². The third kappa shape index (κ3) is 2.11. The first kappa shape index (κ1) is 11.2. The molecule has 0 saturated heterocycles. The summed E-state index contributed by atoms with van der Waals surface area (Å²) in [4.78, 5) is 3.10. The van der Waals surface area contributed by atoms with Crippen LogP contribution in [-0.2, 0) is 12.0 Å². The van der Waals surface area contributed by atoms with Crippen LogP contribution in [0.2, 0.25) is 0 Å². The summed E-state index contributed by atoms with van der Waals surface area (Å²) >= 11 is 5.29. The molecule has 0 spiro atoms. The van der Waals surface area contributed by atoms with Crippen LogP contribution in [0.15, 0.2) is 29.2 Å². The van der Waals surface area contributed by atoms with Crippen LogP contribution in [0.1, 0.15) is 32.0 Å². The molecule has 0 saturated carbocycles. The van der Waals surface area contributed by atoms with Gasteiger partial charge in [-0.3, -0.25) is 0 Å². The number of furan rings is 1. The van der Waals surface area contributed by atoms with Crippen molar-refractivity contribution >= 4 is 12.2 Å². The predicted octanol–water partition coefficient (Wildman–Crippen LogP) is 3.48. The van der Waals surface area contributed by atoms with E-state index in [0.717, 1.165) is 16.9 Å². The second kappa shape index (κ2) is 3.94. The average Bonchev–Trinajstić information content (AvgIpc) is 2.76. The van der Waals surface area contributed by atoms with E-state index in [4.69, 9.17) is 16.6 Å². The molecule has 2 aromatic rings. The first-order valence-corrected chi connectivity index (χ1v) is 5.69. The standard InChI is InChI=1S/C12H16N2OS/c1-12(2,3)10-6-13-11(16)14(10)7-9-4-5-15-8-9/h4-6,8H,7H2,1-3H3,(H,13,16). The van der Waals surface area contributed by atoms with Gasteiger partial charge in [0.15, 0.2) is 4.77 Å². The number of rotatable bonds is 2. The molecule has 0 aliphatic heterocycles. The number of aromatic amines is 1. The molecular formula is C12H16N2OS. The number of nitrogens with one attached hydrogen (secondary N) is 1. The van der Waals surface area contributed by atoms with E-state index in [0.29, 0.717) is 0 Å². The Morgan fingerprint density at radius 3 is 2.75 bits per heavy atom. The molecule has 86 valence electrons. The number of nitrogens with zero attached hydrogens (tertiary/aromatic N) is 1. The molecule has 1 N–H and O–H groups in total. The van der Waals surface area contributed by atoms with Crippen molar-refractivity contribution < 1.29 is 4.42 Å². The van der Waals surface area contributed by atoms with Crippen molar-refractivity contribution in [2.75, 3.05) is 0 Å². The van der Waals surface area contributed by atoms with Crippen LogP contribution in [0.5, 0.6) is 0 Å². The van der Waals surface area contributed by atoms with E-state index in [-0.39, 0.29) is 5.41 Å². The third-order valence-electron chi connectivity index (χ3n) is 2.56. The quantitative estimate of drug-likeness (QED) is 0.810. The van der Waals surface area contributed by atoms with E-state index in [1.54, 1.807) is 12.5 Å². The molecule has 4 heteroatoms.